The van der Waals surface area contributed by atoms with Gasteiger partial charge < -0.3 is 15.2 Å². The van der Waals surface area contributed by atoms with E-state index in [-0.39, 0.29) is 5.91 Å². The lowest BCUT2D eigenvalue weighted by atomic mass is 10.0. The van der Waals surface area contributed by atoms with Crippen molar-refractivity contribution >= 4 is 17.3 Å². The molecule has 3 aromatic heterocycles. The van der Waals surface area contributed by atoms with Crippen LogP contribution in [0.4, 0.5) is 11.4 Å². The lowest BCUT2D eigenvalue weighted by Gasteiger charge is -2.17. The van der Waals surface area contributed by atoms with E-state index in [0.29, 0.717) is 24.5 Å². The maximum absolute atomic E-state index is 12.7. The van der Waals surface area contributed by atoms with Gasteiger partial charge in [0.2, 0.25) is 0 Å². The highest BCUT2D eigenvalue weighted by Crippen LogP contribution is 2.37. The summed E-state index contributed by atoms with van der Waals surface area (Å²) in [6.45, 7) is 1.32. The number of carbonyl (C=O) groups is 1. The number of benzene rings is 1. The van der Waals surface area contributed by atoms with E-state index in [4.69, 9.17) is 0 Å². The maximum Gasteiger partial charge on any atom is 0.270 e. The largest absolute Gasteiger partial charge is 0.353 e. The normalized spacial score (nSPS) is 12.5. The number of para-hydroxylation sites is 1. The fraction of sp³-hybridized carbons (Fsp3) is 0.125. The average molecular weight is 408 g/mol. The van der Waals surface area contributed by atoms with Gasteiger partial charge in [-0.05, 0) is 30.2 Å². The molecule has 5 rings (SSSR count). The van der Waals surface area contributed by atoms with Crippen LogP contribution in [-0.4, -0.2) is 31.8 Å². The van der Waals surface area contributed by atoms with Crippen molar-refractivity contribution in [3.8, 4) is 23.0 Å². The average Bonchev–Trinajstić information content (AvgIpc) is 3.37. The summed E-state index contributed by atoms with van der Waals surface area (Å²) in [6, 6.07) is 13.6. The standard InChI is InChI=1S/C24H20N6O/c1-29-13-10-19(28-29)8-7-17-15-25-11-9-20(17)21-16-30-14-12-26-24(31)23(30)22(21)27-18-5-3-2-4-6-18/h2-6,9-11,13,15-16,27H,12,14H2,1H3,(H,26,31). The Hall–Kier alpha value is -4.31. The number of anilines is 2. The molecule has 0 saturated carbocycles. The molecule has 2 N–H and O–H groups in total. The van der Waals surface area contributed by atoms with Crippen molar-refractivity contribution in [2.24, 2.45) is 7.05 Å². The SMILES string of the molecule is Cn1ccc(C#Cc2cnccc2-c2cn3c(c2Nc2ccccc2)C(=O)NCC3)n1. The van der Waals surface area contributed by atoms with Gasteiger partial charge in [0, 0.05) is 61.7 Å². The third kappa shape index (κ3) is 3.67. The van der Waals surface area contributed by atoms with Crippen molar-refractivity contribution in [2.75, 3.05) is 11.9 Å². The van der Waals surface area contributed by atoms with Crippen LogP contribution in [0.3, 0.4) is 0 Å². The molecule has 7 nitrogen and oxygen atoms in total. The van der Waals surface area contributed by atoms with E-state index < -0.39 is 0 Å². The molecule has 1 aliphatic rings. The van der Waals surface area contributed by atoms with E-state index in [2.05, 4.69) is 32.6 Å². The number of fused-ring (bicyclic) bond motifs is 1. The van der Waals surface area contributed by atoms with Crippen molar-refractivity contribution in [2.45, 2.75) is 6.54 Å². The number of nitrogens with zero attached hydrogens (tertiary/aromatic N) is 4. The first-order chi connectivity index (χ1) is 15.2. The van der Waals surface area contributed by atoms with Crippen LogP contribution in [0, 0.1) is 11.8 Å². The Labute approximate surface area is 179 Å². The summed E-state index contributed by atoms with van der Waals surface area (Å²) >= 11 is 0. The number of rotatable bonds is 3. The number of hydrogen-bond donors (Lipinski definition) is 2. The summed E-state index contributed by atoms with van der Waals surface area (Å²) in [5, 5.41) is 10.7. The lowest BCUT2D eigenvalue weighted by Crippen LogP contribution is -2.35. The minimum absolute atomic E-state index is 0.0916. The first-order valence-electron chi connectivity index (χ1n) is 9.98. The molecule has 0 bridgehead atoms. The summed E-state index contributed by atoms with van der Waals surface area (Å²) in [7, 11) is 1.86. The van der Waals surface area contributed by atoms with Gasteiger partial charge in [-0.2, -0.15) is 5.10 Å². The zero-order chi connectivity index (χ0) is 21.2. The van der Waals surface area contributed by atoms with Gasteiger partial charge in [-0.1, -0.05) is 24.1 Å². The van der Waals surface area contributed by atoms with E-state index in [0.717, 1.165) is 28.1 Å². The second-order valence-electron chi connectivity index (χ2n) is 7.25. The fourth-order valence-electron chi connectivity index (χ4n) is 3.69. The van der Waals surface area contributed by atoms with Gasteiger partial charge >= 0.3 is 0 Å². The van der Waals surface area contributed by atoms with Crippen molar-refractivity contribution in [1.29, 1.82) is 0 Å². The predicted molar refractivity (Wildman–Crippen MR) is 119 cm³/mol. The van der Waals surface area contributed by atoms with Crippen LogP contribution in [-0.2, 0) is 13.6 Å². The Morgan fingerprint density at radius 1 is 1.10 bits per heavy atom. The highest BCUT2D eigenvalue weighted by molar-refractivity contribution is 6.04. The Morgan fingerprint density at radius 2 is 1.97 bits per heavy atom. The fourth-order valence-corrected chi connectivity index (χ4v) is 3.69. The molecule has 152 valence electrons. The number of pyridine rings is 1. The lowest BCUT2D eigenvalue weighted by molar-refractivity contribution is 0.0929. The predicted octanol–water partition coefficient (Wildman–Crippen LogP) is 3.17. The summed E-state index contributed by atoms with van der Waals surface area (Å²) in [6.07, 6.45) is 7.36. The van der Waals surface area contributed by atoms with Gasteiger partial charge in [0.05, 0.1) is 11.3 Å². The smallest absolute Gasteiger partial charge is 0.270 e. The van der Waals surface area contributed by atoms with Crippen LogP contribution in [0.1, 0.15) is 21.7 Å². The summed E-state index contributed by atoms with van der Waals surface area (Å²) < 4.78 is 3.71. The van der Waals surface area contributed by atoms with Gasteiger partial charge in [0.25, 0.3) is 5.91 Å². The van der Waals surface area contributed by atoms with Gasteiger partial charge in [0.1, 0.15) is 11.4 Å². The van der Waals surface area contributed by atoms with E-state index in [1.807, 2.05) is 66.5 Å². The van der Waals surface area contributed by atoms with Gasteiger partial charge in [-0.15, -0.1) is 0 Å². The van der Waals surface area contributed by atoms with E-state index in [9.17, 15) is 4.79 Å². The number of amides is 1. The quantitative estimate of drug-likeness (QED) is 0.511. The van der Waals surface area contributed by atoms with Crippen LogP contribution < -0.4 is 10.6 Å². The van der Waals surface area contributed by atoms with Crippen molar-refractivity contribution in [3.05, 3.63) is 84.2 Å². The first-order valence-corrected chi connectivity index (χ1v) is 9.98. The van der Waals surface area contributed by atoms with E-state index >= 15 is 0 Å². The zero-order valence-corrected chi connectivity index (χ0v) is 17.0. The molecule has 0 aliphatic carbocycles. The monoisotopic (exact) mass is 408 g/mol. The molecule has 7 heteroatoms. The molecule has 31 heavy (non-hydrogen) atoms. The Morgan fingerprint density at radius 3 is 2.77 bits per heavy atom. The molecule has 1 amide bonds. The summed E-state index contributed by atoms with van der Waals surface area (Å²) in [5.74, 6) is 6.21. The zero-order valence-electron chi connectivity index (χ0n) is 17.0. The first kappa shape index (κ1) is 18.7. The second-order valence-corrected chi connectivity index (χ2v) is 7.25. The third-order valence-electron chi connectivity index (χ3n) is 5.12. The van der Waals surface area contributed by atoms with Crippen molar-refractivity contribution < 1.29 is 4.79 Å². The van der Waals surface area contributed by atoms with Crippen LogP contribution in [0.5, 0.6) is 0 Å². The molecule has 4 aromatic rings. The Bertz CT molecular complexity index is 1320. The molecule has 0 fully saturated rings. The molecule has 0 spiro atoms. The maximum atomic E-state index is 12.7. The second kappa shape index (κ2) is 7.84. The number of hydrogen-bond acceptors (Lipinski definition) is 4. The van der Waals surface area contributed by atoms with Crippen molar-refractivity contribution in [1.82, 2.24) is 24.6 Å². The van der Waals surface area contributed by atoms with Crippen LogP contribution in [0.15, 0.2) is 67.3 Å². The molecular weight excluding hydrogens is 388 g/mol. The van der Waals surface area contributed by atoms with E-state index in [1.54, 1.807) is 17.1 Å². The van der Waals surface area contributed by atoms with Gasteiger partial charge in [0.15, 0.2) is 0 Å². The van der Waals surface area contributed by atoms with Crippen LogP contribution in [0.25, 0.3) is 11.1 Å². The molecular formula is C24H20N6O. The number of aryl methyl sites for hydroxylation is 1. The number of nitrogens with one attached hydrogen (secondary N) is 2. The molecule has 0 atom stereocenters. The summed E-state index contributed by atoms with van der Waals surface area (Å²) in [5.41, 5.74) is 5.56. The van der Waals surface area contributed by atoms with E-state index in [1.165, 1.54) is 0 Å². The summed E-state index contributed by atoms with van der Waals surface area (Å²) in [4.78, 5) is 17.0. The Balaban J connectivity index is 1.64. The van der Waals surface area contributed by atoms with Gasteiger partial charge in [-0.3, -0.25) is 14.5 Å². The molecule has 1 aliphatic heterocycles. The molecule has 0 radical (unpaired) electrons. The van der Waals surface area contributed by atoms with Crippen molar-refractivity contribution in [3.63, 3.8) is 0 Å². The molecule has 1 aromatic carbocycles. The number of aromatic nitrogens is 4. The van der Waals surface area contributed by atoms with Gasteiger partial charge in [-0.25, -0.2) is 0 Å². The van der Waals surface area contributed by atoms with Crippen LogP contribution in [0.2, 0.25) is 0 Å². The molecule has 0 saturated heterocycles. The number of carbonyl (C=O) groups excluding carboxylic acids is 1. The molecule has 0 unspecified atom stereocenters. The van der Waals surface area contributed by atoms with Crippen LogP contribution >= 0.6 is 0 Å². The highest BCUT2D eigenvalue weighted by atomic mass is 16.2. The highest BCUT2D eigenvalue weighted by Gasteiger charge is 2.26. The topological polar surface area (TPSA) is 76.8 Å². The Kier molecular flexibility index (Phi) is 4.73. The molecule has 4 heterocycles. The minimum atomic E-state index is -0.0916. The third-order valence-corrected chi connectivity index (χ3v) is 5.12. The minimum Gasteiger partial charge on any atom is -0.353 e.